The summed E-state index contributed by atoms with van der Waals surface area (Å²) in [6.07, 6.45) is 0.440. The van der Waals surface area contributed by atoms with Gasteiger partial charge in [-0.2, -0.15) is 5.10 Å². The second kappa shape index (κ2) is 8.24. The van der Waals surface area contributed by atoms with Gasteiger partial charge in [0.1, 0.15) is 11.5 Å². The minimum atomic E-state index is -0.839. The molecular formula is C16H13Cl3N2O3. The van der Waals surface area contributed by atoms with Crippen LogP contribution in [0.1, 0.15) is 12.5 Å². The molecule has 0 aliphatic carbocycles. The van der Waals surface area contributed by atoms with Crippen molar-refractivity contribution < 1.29 is 14.6 Å². The van der Waals surface area contributed by atoms with E-state index in [2.05, 4.69) is 10.5 Å². The van der Waals surface area contributed by atoms with Gasteiger partial charge in [-0.15, -0.1) is 0 Å². The Morgan fingerprint density at radius 1 is 1.21 bits per heavy atom. The normalized spacial score (nSPS) is 12.2. The first-order valence-corrected chi connectivity index (χ1v) is 7.93. The first-order valence-electron chi connectivity index (χ1n) is 6.80. The van der Waals surface area contributed by atoms with E-state index in [1.54, 1.807) is 25.1 Å². The number of ether oxygens (including phenoxy) is 1. The number of carbonyl (C=O) groups is 1. The fourth-order valence-corrected chi connectivity index (χ4v) is 2.33. The summed E-state index contributed by atoms with van der Waals surface area (Å²) in [5.74, 6) is -0.159. The number of aromatic hydroxyl groups is 1. The Balaban J connectivity index is 1.96. The molecule has 8 heteroatoms. The summed E-state index contributed by atoms with van der Waals surface area (Å²) < 4.78 is 5.46. The van der Waals surface area contributed by atoms with Crippen molar-refractivity contribution in [1.82, 2.24) is 5.43 Å². The Bertz CT molecular complexity index is 781. The molecule has 2 aromatic carbocycles. The zero-order chi connectivity index (χ0) is 17.7. The lowest BCUT2D eigenvalue weighted by Gasteiger charge is -2.14. The summed E-state index contributed by atoms with van der Waals surface area (Å²) >= 11 is 17.6. The van der Waals surface area contributed by atoms with Crippen LogP contribution in [0.2, 0.25) is 15.1 Å². The standard InChI is InChI=1S/C16H13Cl3N2O3/c1-9(24-15-5-3-12(18)7-13(15)19)16(23)21-20-8-10-6-11(17)2-4-14(10)22/h2-9,22H,1H3,(H,21,23)/b20-8+/t9-/m0/s1. The Labute approximate surface area is 153 Å². The number of nitrogens with zero attached hydrogens (tertiary/aromatic N) is 1. The van der Waals surface area contributed by atoms with E-state index in [1.165, 1.54) is 24.4 Å². The summed E-state index contributed by atoms with van der Waals surface area (Å²) in [7, 11) is 0. The highest BCUT2D eigenvalue weighted by Gasteiger charge is 2.15. The third kappa shape index (κ3) is 5.03. The number of halogens is 3. The maximum Gasteiger partial charge on any atom is 0.280 e. The molecule has 2 aromatic rings. The molecule has 1 amide bonds. The van der Waals surface area contributed by atoms with Crippen LogP contribution in [-0.4, -0.2) is 23.3 Å². The Morgan fingerprint density at radius 2 is 1.88 bits per heavy atom. The van der Waals surface area contributed by atoms with Crippen LogP contribution in [0.5, 0.6) is 11.5 Å². The minimum absolute atomic E-state index is 0.00496. The van der Waals surface area contributed by atoms with Gasteiger partial charge in [0.2, 0.25) is 0 Å². The molecule has 0 bridgehead atoms. The van der Waals surface area contributed by atoms with Crippen LogP contribution in [0.3, 0.4) is 0 Å². The predicted octanol–water partition coefficient (Wildman–Crippen LogP) is 4.27. The van der Waals surface area contributed by atoms with Gasteiger partial charge in [0.05, 0.1) is 11.2 Å². The van der Waals surface area contributed by atoms with E-state index in [0.717, 1.165) is 0 Å². The Morgan fingerprint density at radius 3 is 2.58 bits per heavy atom. The minimum Gasteiger partial charge on any atom is -0.507 e. The van der Waals surface area contributed by atoms with Gasteiger partial charge in [0, 0.05) is 15.6 Å². The van der Waals surface area contributed by atoms with Gasteiger partial charge in [-0.1, -0.05) is 34.8 Å². The molecule has 24 heavy (non-hydrogen) atoms. The smallest absolute Gasteiger partial charge is 0.280 e. The van der Waals surface area contributed by atoms with Crippen LogP contribution in [0, 0.1) is 0 Å². The number of phenols is 1. The van der Waals surface area contributed by atoms with E-state index in [9.17, 15) is 9.90 Å². The van der Waals surface area contributed by atoms with E-state index in [4.69, 9.17) is 39.5 Å². The molecule has 0 unspecified atom stereocenters. The third-order valence-electron chi connectivity index (χ3n) is 2.93. The molecular weight excluding hydrogens is 375 g/mol. The largest absolute Gasteiger partial charge is 0.507 e. The number of benzene rings is 2. The third-order valence-corrected chi connectivity index (χ3v) is 3.70. The molecule has 2 N–H and O–H groups in total. The van der Waals surface area contributed by atoms with Crippen LogP contribution in [0.15, 0.2) is 41.5 Å². The number of amides is 1. The zero-order valence-electron chi connectivity index (χ0n) is 12.5. The molecule has 0 spiro atoms. The van der Waals surface area contributed by atoms with Crippen LogP contribution in [0.25, 0.3) is 0 Å². The topological polar surface area (TPSA) is 70.9 Å². The fourth-order valence-electron chi connectivity index (χ4n) is 1.70. The molecule has 0 aromatic heterocycles. The molecule has 0 fully saturated rings. The van der Waals surface area contributed by atoms with Crippen molar-refractivity contribution in [2.45, 2.75) is 13.0 Å². The maximum absolute atomic E-state index is 12.0. The average molecular weight is 388 g/mol. The number of hydrogen-bond acceptors (Lipinski definition) is 4. The summed E-state index contributed by atoms with van der Waals surface area (Å²) in [6, 6.07) is 9.18. The predicted molar refractivity (Wildman–Crippen MR) is 95.4 cm³/mol. The molecule has 0 saturated carbocycles. The zero-order valence-corrected chi connectivity index (χ0v) is 14.7. The first kappa shape index (κ1) is 18.4. The number of rotatable bonds is 5. The van der Waals surface area contributed by atoms with E-state index >= 15 is 0 Å². The molecule has 126 valence electrons. The van der Waals surface area contributed by atoms with Crippen LogP contribution >= 0.6 is 34.8 Å². The second-order valence-electron chi connectivity index (χ2n) is 4.77. The van der Waals surface area contributed by atoms with Crippen molar-refractivity contribution in [3.63, 3.8) is 0 Å². The van der Waals surface area contributed by atoms with Crippen molar-refractivity contribution in [2.24, 2.45) is 5.10 Å². The quantitative estimate of drug-likeness (QED) is 0.594. The molecule has 0 radical (unpaired) electrons. The van der Waals surface area contributed by atoms with Crippen molar-refractivity contribution in [1.29, 1.82) is 0 Å². The maximum atomic E-state index is 12.0. The molecule has 0 heterocycles. The van der Waals surface area contributed by atoms with Crippen LogP contribution in [0.4, 0.5) is 0 Å². The number of hydrogen-bond donors (Lipinski definition) is 2. The van der Waals surface area contributed by atoms with E-state index in [0.29, 0.717) is 26.4 Å². The lowest BCUT2D eigenvalue weighted by molar-refractivity contribution is -0.127. The van der Waals surface area contributed by atoms with Gasteiger partial charge in [0.15, 0.2) is 6.10 Å². The second-order valence-corrected chi connectivity index (χ2v) is 6.05. The summed E-state index contributed by atoms with van der Waals surface area (Å²) in [5, 5.41) is 14.6. The average Bonchev–Trinajstić information content (AvgIpc) is 2.53. The van der Waals surface area contributed by atoms with Gasteiger partial charge in [-0.25, -0.2) is 5.43 Å². The van der Waals surface area contributed by atoms with Gasteiger partial charge in [-0.3, -0.25) is 4.79 Å². The molecule has 5 nitrogen and oxygen atoms in total. The fraction of sp³-hybridized carbons (Fsp3) is 0.125. The number of phenolic OH excluding ortho intramolecular Hbond substituents is 1. The van der Waals surface area contributed by atoms with E-state index in [1.807, 2.05) is 0 Å². The van der Waals surface area contributed by atoms with Crippen molar-refractivity contribution in [2.75, 3.05) is 0 Å². The molecule has 0 aliphatic heterocycles. The Hall–Kier alpha value is -1.95. The van der Waals surface area contributed by atoms with Gasteiger partial charge in [-0.05, 0) is 43.3 Å². The highest BCUT2D eigenvalue weighted by Crippen LogP contribution is 2.28. The van der Waals surface area contributed by atoms with Crippen molar-refractivity contribution >= 4 is 46.9 Å². The summed E-state index contributed by atoms with van der Waals surface area (Å²) in [6.45, 7) is 1.55. The van der Waals surface area contributed by atoms with Gasteiger partial charge < -0.3 is 9.84 Å². The van der Waals surface area contributed by atoms with Crippen LogP contribution < -0.4 is 10.2 Å². The molecule has 2 rings (SSSR count). The van der Waals surface area contributed by atoms with Crippen molar-refractivity contribution in [3.8, 4) is 11.5 Å². The molecule has 0 saturated heterocycles. The highest BCUT2D eigenvalue weighted by atomic mass is 35.5. The Kier molecular flexibility index (Phi) is 6.31. The van der Waals surface area contributed by atoms with E-state index < -0.39 is 12.0 Å². The monoisotopic (exact) mass is 386 g/mol. The number of carbonyl (C=O) groups excluding carboxylic acids is 1. The van der Waals surface area contributed by atoms with Gasteiger partial charge in [0.25, 0.3) is 5.91 Å². The summed E-state index contributed by atoms with van der Waals surface area (Å²) in [4.78, 5) is 12.0. The van der Waals surface area contributed by atoms with E-state index in [-0.39, 0.29) is 5.75 Å². The lowest BCUT2D eigenvalue weighted by atomic mass is 10.2. The molecule has 1 atom stereocenters. The number of hydrazone groups is 1. The highest BCUT2D eigenvalue weighted by molar-refractivity contribution is 6.35. The summed E-state index contributed by atoms with van der Waals surface area (Å²) in [5.41, 5.74) is 2.68. The van der Waals surface area contributed by atoms with Crippen molar-refractivity contribution in [3.05, 3.63) is 57.0 Å². The van der Waals surface area contributed by atoms with Crippen LogP contribution in [-0.2, 0) is 4.79 Å². The first-order chi connectivity index (χ1) is 11.4. The molecule has 0 aliphatic rings. The number of nitrogens with one attached hydrogen (secondary N) is 1. The SMILES string of the molecule is C[C@H](Oc1ccc(Cl)cc1Cl)C(=O)N/N=C/c1cc(Cl)ccc1O. The lowest BCUT2D eigenvalue weighted by Crippen LogP contribution is -2.33. The van der Waals surface area contributed by atoms with Gasteiger partial charge >= 0.3 is 0 Å².